The van der Waals surface area contributed by atoms with Gasteiger partial charge in [-0.1, -0.05) is 29.7 Å². The molecule has 1 aromatic rings. The van der Waals surface area contributed by atoms with Gasteiger partial charge in [0.1, 0.15) is 5.56 Å². The van der Waals surface area contributed by atoms with Gasteiger partial charge < -0.3 is 10.1 Å². The Morgan fingerprint density at radius 3 is 2.86 bits per heavy atom. The highest BCUT2D eigenvalue weighted by molar-refractivity contribution is 6.34. The fraction of sp³-hybridized carbons (Fsp3) is 0.385. The van der Waals surface area contributed by atoms with E-state index < -0.39 is 10.8 Å². The van der Waals surface area contributed by atoms with Crippen LogP contribution in [0.5, 0.6) is 0 Å². The average molecular weight is 312 g/mol. The molecule has 1 N–H and O–H groups in total. The van der Waals surface area contributed by atoms with Crippen molar-refractivity contribution in [3.05, 3.63) is 38.9 Å². The fourth-order valence-corrected chi connectivity index (χ4v) is 2.64. The summed E-state index contributed by atoms with van der Waals surface area (Å²) in [5, 5.41) is 23.1. The molecule has 1 atom stereocenters. The Balaban J connectivity index is 2.32. The van der Waals surface area contributed by atoms with Gasteiger partial charge in [0.25, 0.3) is 11.6 Å². The fourth-order valence-electron chi connectivity index (χ4n) is 2.39. The van der Waals surface area contributed by atoms with E-state index in [1.807, 2.05) is 6.92 Å². The van der Waals surface area contributed by atoms with E-state index >= 15 is 0 Å². The van der Waals surface area contributed by atoms with E-state index in [4.69, 9.17) is 16.8 Å². The van der Waals surface area contributed by atoms with Gasteiger partial charge >= 0.3 is 0 Å². The van der Waals surface area contributed by atoms with Crippen LogP contribution < -0.4 is 0 Å². The Hall–Kier alpha value is -2.15. The van der Waals surface area contributed by atoms with Crippen LogP contribution in [0.15, 0.2) is 23.4 Å². The number of nitro benzene ring substituents is 1. The molecule has 1 saturated heterocycles. The molecule has 1 aliphatic rings. The standard InChI is InChI=1S/C13H14ClN3O4/c1-8-7-16(6-5-10(8)15-19)13(18)12-9(14)3-2-4-11(12)17(20)21/h2-4,8,19H,5-7H2,1H3/b15-10+. The first-order chi connectivity index (χ1) is 9.95. The van der Waals surface area contributed by atoms with Crippen LogP contribution in [0.2, 0.25) is 5.02 Å². The first kappa shape index (κ1) is 15.2. The Bertz CT molecular complexity index is 617. The van der Waals surface area contributed by atoms with E-state index in [-0.39, 0.29) is 22.2 Å². The second-order valence-electron chi connectivity index (χ2n) is 4.88. The molecule has 7 nitrogen and oxygen atoms in total. The lowest BCUT2D eigenvalue weighted by atomic mass is 9.97. The number of rotatable bonds is 2. The van der Waals surface area contributed by atoms with E-state index in [1.54, 1.807) is 0 Å². The zero-order chi connectivity index (χ0) is 15.6. The maximum absolute atomic E-state index is 12.5. The molecule has 1 aromatic carbocycles. The molecule has 1 fully saturated rings. The maximum Gasteiger partial charge on any atom is 0.283 e. The van der Waals surface area contributed by atoms with Crippen LogP contribution >= 0.6 is 11.6 Å². The predicted octanol–water partition coefficient (Wildman–Crippen LogP) is 2.56. The van der Waals surface area contributed by atoms with Crippen molar-refractivity contribution < 1.29 is 14.9 Å². The number of hydrogen-bond acceptors (Lipinski definition) is 5. The number of nitro groups is 1. The van der Waals surface area contributed by atoms with Gasteiger partial charge in [-0.2, -0.15) is 0 Å². The second-order valence-corrected chi connectivity index (χ2v) is 5.29. The van der Waals surface area contributed by atoms with Crippen LogP contribution in [-0.4, -0.2) is 39.7 Å². The van der Waals surface area contributed by atoms with Crippen molar-refractivity contribution in [3.8, 4) is 0 Å². The molecule has 0 radical (unpaired) electrons. The summed E-state index contributed by atoms with van der Waals surface area (Å²) in [5.74, 6) is -0.578. The summed E-state index contributed by atoms with van der Waals surface area (Å²) >= 11 is 5.96. The monoisotopic (exact) mass is 311 g/mol. The van der Waals surface area contributed by atoms with Crippen LogP contribution in [0.4, 0.5) is 5.69 Å². The highest BCUT2D eigenvalue weighted by atomic mass is 35.5. The smallest absolute Gasteiger partial charge is 0.283 e. The van der Waals surface area contributed by atoms with Crippen molar-refractivity contribution in [3.63, 3.8) is 0 Å². The molecule has 1 unspecified atom stereocenters. The summed E-state index contributed by atoms with van der Waals surface area (Å²) < 4.78 is 0. The second kappa shape index (κ2) is 6.09. The number of hydrogen-bond donors (Lipinski definition) is 1. The number of nitrogens with zero attached hydrogens (tertiary/aromatic N) is 3. The Labute approximate surface area is 126 Å². The summed E-state index contributed by atoms with van der Waals surface area (Å²) in [6.45, 7) is 2.50. The van der Waals surface area contributed by atoms with E-state index in [0.29, 0.717) is 25.2 Å². The van der Waals surface area contributed by atoms with Gasteiger partial charge in [-0.15, -0.1) is 0 Å². The third kappa shape index (κ3) is 2.97. The van der Waals surface area contributed by atoms with Crippen LogP contribution in [0, 0.1) is 16.0 Å². The summed E-state index contributed by atoms with van der Waals surface area (Å²) in [5.41, 5.74) is 0.218. The van der Waals surface area contributed by atoms with E-state index in [1.165, 1.54) is 23.1 Å². The number of oxime groups is 1. The third-order valence-electron chi connectivity index (χ3n) is 3.52. The van der Waals surface area contributed by atoms with Crippen molar-refractivity contribution in [1.82, 2.24) is 4.90 Å². The summed E-state index contributed by atoms with van der Waals surface area (Å²) in [6.07, 6.45) is 0.432. The minimum atomic E-state index is -0.618. The van der Waals surface area contributed by atoms with Crippen LogP contribution in [0.25, 0.3) is 0 Å². The highest BCUT2D eigenvalue weighted by Gasteiger charge is 2.31. The first-order valence-corrected chi connectivity index (χ1v) is 6.76. The van der Waals surface area contributed by atoms with Crippen LogP contribution in [0.3, 0.4) is 0 Å². The minimum absolute atomic E-state index is 0.0588. The zero-order valence-electron chi connectivity index (χ0n) is 11.3. The molecule has 0 aromatic heterocycles. The molecular formula is C13H14ClN3O4. The maximum atomic E-state index is 12.5. The van der Waals surface area contributed by atoms with Crippen LogP contribution in [-0.2, 0) is 0 Å². The lowest BCUT2D eigenvalue weighted by Gasteiger charge is -2.31. The van der Waals surface area contributed by atoms with E-state index in [0.717, 1.165) is 0 Å². The number of amides is 1. The topological polar surface area (TPSA) is 96.0 Å². The molecule has 1 aliphatic heterocycles. The molecule has 0 spiro atoms. The molecule has 112 valence electrons. The average Bonchev–Trinajstić information content (AvgIpc) is 2.46. The van der Waals surface area contributed by atoms with Gasteiger partial charge in [-0.05, 0) is 6.07 Å². The number of likely N-dealkylation sites (tertiary alicyclic amines) is 1. The number of carbonyl (C=O) groups excluding carboxylic acids is 1. The van der Waals surface area contributed by atoms with E-state index in [9.17, 15) is 14.9 Å². The molecule has 2 rings (SSSR count). The Morgan fingerprint density at radius 2 is 2.29 bits per heavy atom. The summed E-state index contributed by atoms with van der Waals surface area (Å²) in [6, 6.07) is 4.15. The zero-order valence-corrected chi connectivity index (χ0v) is 12.1. The quantitative estimate of drug-likeness (QED) is 0.515. The van der Waals surface area contributed by atoms with Gasteiger partial charge in [-0.25, -0.2) is 0 Å². The van der Waals surface area contributed by atoms with Crippen molar-refractivity contribution >= 4 is 28.9 Å². The minimum Gasteiger partial charge on any atom is -0.411 e. The molecule has 0 bridgehead atoms. The Kier molecular flexibility index (Phi) is 4.42. The summed E-state index contributed by atoms with van der Waals surface area (Å²) in [4.78, 5) is 24.4. The predicted molar refractivity (Wildman–Crippen MR) is 77.0 cm³/mol. The van der Waals surface area contributed by atoms with Crippen molar-refractivity contribution in [2.75, 3.05) is 13.1 Å². The summed E-state index contributed by atoms with van der Waals surface area (Å²) in [7, 11) is 0. The number of piperidine rings is 1. The third-order valence-corrected chi connectivity index (χ3v) is 3.83. The van der Waals surface area contributed by atoms with Gasteiger partial charge in [-0.3, -0.25) is 14.9 Å². The number of benzene rings is 1. The van der Waals surface area contributed by atoms with E-state index in [2.05, 4.69) is 5.16 Å². The molecule has 21 heavy (non-hydrogen) atoms. The molecule has 8 heteroatoms. The largest absolute Gasteiger partial charge is 0.411 e. The van der Waals surface area contributed by atoms with Crippen molar-refractivity contribution in [2.24, 2.45) is 11.1 Å². The lowest BCUT2D eigenvalue weighted by Crippen LogP contribution is -2.43. The SMILES string of the molecule is CC1CN(C(=O)c2c(Cl)cccc2[N+](=O)[O-])CC/C1=N\O. The highest BCUT2D eigenvalue weighted by Crippen LogP contribution is 2.29. The molecule has 1 amide bonds. The molecule has 0 aliphatic carbocycles. The lowest BCUT2D eigenvalue weighted by molar-refractivity contribution is -0.385. The molecule has 1 heterocycles. The van der Waals surface area contributed by atoms with Gasteiger partial charge in [0, 0.05) is 31.5 Å². The van der Waals surface area contributed by atoms with Gasteiger partial charge in [0.2, 0.25) is 0 Å². The molecule has 0 saturated carbocycles. The number of halogens is 1. The first-order valence-electron chi connectivity index (χ1n) is 6.38. The van der Waals surface area contributed by atoms with Crippen LogP contribution in [0.1, 0.15) is 23.7 Å². The normalized spacial score (nSPS) is 20.6. The van der Waals surface area contributed by atoms with Gasteiger partial charge in [0.15, 0.2) is 0 Å². The van der Waals surface area contributed by atoms with Crippen molar-refractivity contribution in [2.45, 2.75) is 13.3 Å². The number of carbonyl (C=O) groups is 1. The van der Waals surface area contributed by atoms with Gasteiger partial charge in [0.05, 0.1) is 15.7 Å². The van der Waals surface area contributed by atoms with Crippen molar-refractivity contribution in [1.29, 1.82) is 0 Å². The Morgan fingerprint density at radius 1 is 1.57 bits per heavy atom. The molecular weight excluding hydrogens is 298 g/mol.